The van der Waals surface area contributed by atoms with E-state index in [9.17, 15) is 9.59 Å². The molecule has 0 aliphatic rings. The average Bonchev–Trinajstić information content (AvgIpc) is 2.47. The van der Waals surface area contributed by atoms with Crippen molar-refractivity contribution in [2.45, 2.75) is 78.2 Å². The van der Waals surface area contributed by atoms with E-state index >= 15 is 0 Å². The summed E-state index contributed by atoms with van der Waals surface area (Å²) in [5.41, 5.74) is 0. The summed E-state index contributed by atoms with van der Waals surface area (Å²) in [5.74, 6) is -0.408. The normalized spacial score (nSPS) is 11.8. The Balaban J connectivity index is 3.53. The van der Waals surface area contributed by atoms with E-state index in [4.69, 9.17) is 9.47 Å². The predicted octanol–water partition coefficient (Wildman–Crippen LogP) is 3.80. The largest absolute Gasteiger partial charge is 0.464 e. The predicted molar refractivity (Wildman–Crippen MR) is 83.2 cm³/mol. The Hall–Kier alpha value is -1.26. The van der Waals surface area contributed by atoms with Gasteiger partial charge in [-0.15, -0.1) is 0 Å². The zero-order valence-electron chi connectivity index (χ0n) is 13.8. The van der Waals surface area contributed by atoms with E-state index in [0.29, 0.717) is 13.2 Å². The van der Waals surface area contributed by atoms with Crippen LogP contribution in [0, 0.1) is 0 Å². The number of carbonyl (C=O) groups is 2. The molecule has 5 heteroatoms. The van der Waals surface area contributed by atoms with Crippen LogP contribution in [0.1, 0.15) is 72.1 Å². The maximum absolute atomic E-state index is 11.6. The topological polar surface area (TPSA) is 64.6 Å². The SMILES string of the molecule is CCCCCCCCCOC(=O)C(C)NC(=O)OCCC. The second-order valence-corrected chi connectivity index (χ2v) is 5.29. The summed E-state index contributed by atoms with van der Waals surface area (Å²) in [4.78, 5) is 22.9. The third-order valence-electron chi connectivity index (χ3n) is 3.12. The van der Waals surface area contributed by atoms with E-state index in [1.807, 2.05) is 6.92 Å². The number of carbonyl (C=O) groups excluding carboxylic acids is 2. The molecular weight excluding hydrogens is 270 g/mol. The first kappa shape index (κ1) is 19.7. The summed E-state index contributed by atoms with van der Waals surface area (Å²) in [6.07, 6.45) is 8.43. The summed E-state index contributed by atoms with van der Waals surface area (Å²) in [5, 5.41) is 2.45. The molecule has 0 rings (SSSR count). The van der Waals surface area contributed by atoms with Crippen molar-refractivity contribution in [1.29, 1.82) is 0 Å². The van der Waals surface area contributed by atoms with Crippen LogP contribution in [0.3, 0.4) is 0 Å². The number of alkyl carbamates (subject to hydrolysis) is 1. The highest BCUT2D eigenvalue weighted by molar-refractivity contribution is 5.80. The molecule has 0 aromatic heterocycles. The summed E-state index contributed by atoms with van der Waals surface area (Å²) < 4.78 is 9.97. The molecular formula is C16H31NO4. The first-order valence-corrected chi connectivity index (χ1v) is 8.21. The van der Waals surface area contributed by atoms with E-state index < -0.39 is 18.1 Å². The molecule has 0 aliphatic heterocycles. The minimum atomic E-state index is -0.668. The molecule has 0 spiro atoms. The lowest BCUT2D eigenvalue weighted by Gasteiger charge is -2.13. The third-order valence-corrected chi connectivity index (χ3v) is 3.12. The van der Waals surface area contributed by atoms with Crippen LogP contribution in [0.5, 0.6) is 0 Å². The van der Waals surface area contributed by atoms with E-state index in [0.717, 1.165) is 19.3 Å². The Morgan fingerprint density at radius 1 is 0.857 bits per heavy atom. The van der Waals surface area contributed by atoms with Gasteiger partial charge in [-0.2, -0.15) is 0 Å². The van der Waals surface area contributed by atoms with Crippen LogP contribution in [0.25, 0.3) is 0 Å². The average molecular weight is 301 g/mol. The summed E-state index contributed by atoms with van der Waals surface area (Å²) >= 11 is 0. The van der Waals surface area contributed by atoms with Crippen LogP contribution < -0.4 is 5.32 Å². The molecule has 1 N–H and O–H groups in total. The number of amides is 1. The van der Waals surface area contributed by atoms with Gasteiger partial charge in [0.1, 0.15) is 6.04 Å². The van der Waals surface area contributed by atoms with Crippen molar-refractivity contribution in [3.05, 3.63) is 0 Å². The van der Waals surface area contributed by atoms with Crippen LogP contribution >= 0.6 is 0 Å². The molecule has 0 aromatic rings. The van der Waals surface area contributed by atoms with Gasteiger partial charge in [-0.25, -0.2) is 9.59 Å². The molecule has 124 valence electrons. The van der Waals surface area contributed by atoms with Crippen molar-refractivity contribution >= 4 is 12.1 Å². The van der Waals surface area contributed by atoms with Gasteiger partial charge in [-0.3, -0.25) is 0 Å². The Labute approximate surface area is 128 Å². The van der Waals surface area contributed by atoms with Crippen LogP contribution in [0.4, 0.5) is 4.79 Å². The van der Waals surface area contributed by atoms with Gasteiger partial charge in [0, 0.05) is 0 Å². The minimum Gasteiger partial charge on any atom is -0.464 e. The number of esters is 1. The fourth-order valence-corrected chi connectivity index (χ4v) is 1.83. The quantitative estimate of drug-likeness (QED) is 0.440. The number of unbranched alkanes of at least 4 members (excludes halogenated alkanes) is 6. The minimum absolute atomic E-state index is 0.353. The van der Waals surface area contributed by atoms with Gasteiger partial charge >= 0.3 is 12.1 Å². The summed E-state index contributed by atoms with van der Waals surface area (Å²) in [7, 11) is 0. The molecule has 1 atom stereocenters. The first-order chi connectivity index (χ1) is 10.1. The molecule has 1 unspecified atom stereocenters. The standard InChI is InChI=1S/C16H31NO4/c1-4-6-7-8-9-10-11-13-20-15(18)14(3)17-16(19)21-12-5-2/h14H,4-13H2,1-3H3,(H,17,19). The van der Waals surface area contributed by atoms with E-state index in [2.05, 4.69) is 12.2 Å². The van der Waals surface area contributed by atoms with Crippen LogP contribution in [-0.2, 0) is 14.3 Å². The molecule has 0 fully saturated rings. The van der Waals surface area contributed by atoms with E-state index in [1.54, 1.807) is 6.92 Å². The molecule has 0 heterocycles. The van der Waals surface area contributed by atoms with Gasteiger partial charge < -0.3 is 14.8 Å². The Morgan fingerprint density at radius 2 is 1.48 bits per heavy atom. The van der Waals surface area contributed by atoms with Crippen molar-refractivity contribution in [3.63, 3.8) is 0 Å². The molecule has 0 bridgehead atoms. The van der Waals surface area contributed by atoms with Gasteiger partial charge in [0.25, 0.3) is 0 Å². The van der Waals surface area contributed by atoms with Gasteiger partial charge in [0.05, 0.1) is 13.2 Å². The molecule has 1 amide bonds. The lowest BCUT2D eigenvalue weighted by atomic mass is 10.1. The number of ether oxygens (including phenoxy) is 2. The number of rotatable bonds is 12. The molecule has 0 radical (unpaired) electrons. The molecule has 0 saturated carbocycles. The number of hydrogen-bond donors (Lipinski definition) is 1. The van der Waals surface area contributed by atoms with E-state index in [-0.39, 0.29) is 0 Å². The molecule has 5 nitrogen and oxygen atoms in total. The fraction of sp³-hybridized carbons (Fsp3) is 0.875. The second kappa shape index (κ2) is 13.7. The van der Waals surface area contributed by atoms with Crippen LogP contribution in [0.2, 0.25) is 0 Å². The Bertz CT molecular complexity index is 281. The highest BCUT2D eigenvalue weighted by atomic mass is 16.6. The highest BCUT2D eigenvalue weighted by Gasteiger charge is 2.17. The van der Waals surface area contributed by atoms with Gasteiger partial charge in [0.15, 0.2) is 0 Å². The van der Waals surface area contributed by atoms with Crippen molar-refractivity contribution in [1.82, 2.24) is 5.32 Å². The van der Waals surface area contributed by atoms with Crippen LogP contribution in [-0.4, -0.2) is 31.3 Å². The number of hydrogen-bond acceptors (Lipinski definition) is 4. The monoisotopic (exact) mass is 301 g/mol. The zero-order chi connectivity index (χ0) is 15.9. The Kier molecular flexibility index (Phi) is 12.9. The smallest absolute Gasteiger partial charge is 0.407 e. The molecule has 0 aliphatic carbocycles. The summed E-state index contributed by atoms with van der Waals surface area (Å²) in [6, 6.07) is -0.668. The highest BCUT2D eigenvalue weighted by Crippen LogP contribution is 2.07. The maximum Gasteiger partial charge on any atom is 0.407 e. The maximum atomic E-state index is 11.6. The van der Waals surface area contributed by atoms with Gasteiger partial charge in [-0.05, 0) is 19.8 Å². The lowest BCUT2D eigenvalue weighted by Crippen LogP contribution is -2.40. The van der Waals surface area contributed by atoms with Crippen molar-refractivity contribution < 1.29 is 19.1 Å². The second-order valence-electron chi connectivity index (χ2n) is 5.29. The van der Waals surface area contributed by atoms with Crippen molar-refractivity contribution in [3.8, 4) is 0 Å². The summed E-state index contributed by atoms with van der Waals surface area (Å²) in [6.45, 7) is 6.48. The third kappa shape index (κ3) is 12.2. The van der Waals surface area contributed by atoms with Gasteiger partial charge in [-0.1, -0.05) is 52.4 Å². The molecule has 0 aromatic carbocycles. The number of nitrogens with one attached hydrogen (secondary N) is 1. The first-order valence-electron chi connectivity index (χ1n) is 8.21. The molecule has 21 heavy (non-hydrogen) atoms. The van der Waals surface area contributed by atoms with Crippen molar-refractivity contribution in [2.24, 2.45) is 0 Å². The fourth-order valence-electron chi connectivity index (χ4n) is 1.83. The lowest BCUT2D eigenvalue weighted by molar-refractivity contribution is -0.145. The van der Waals surface area contributed by atoms with Gasteiger partial charge in [0.2, 0.25) is 0 Å². The molecule has 0 saturated heterocycles. The van der Waals surface area contributed by atoms with Crippen molar-refractivity contribution in [2.75, 3.05) is 13.2 Å². The van der Waals surface area contributed by atoms with E-state index in [1.165, 1.54) is 32.1 Å². The zero-order valence-corrected chi connectivity index (χ0v) is 13.8. The Morgan fingerprint density at radius 3 is 2.10 bits per heavy atom. The van der Waals surface area contributed by atoms with Crippen LogP contribution in [0.15, 0.2) is 0 Å².